The molecule has 0 aliphatic carbocycles. The molecule has 1 fully saturated rings. The third-order valence-corrected chi connectivity index (χ3v) is 1.44. The molecule has 0 aromatic rings. The van der Waals surface area contributed by atoms with Gasteiger partial charge >= 0.3 is 0 Å². The van der Waals surface area contributed by atoms with Crippen molar-refractivity contribution in [3.63, 3.8) is 0 Å². The Labute approximate surface area is 67.8 Å². The van der Waals surface area contributed by atoms with Crippen LogP contribution in [0.25, 0.3) is 0 Å². The predicted molar refractivity (Wildman–Crippen MR) is 44.7 cm³/mol. The minimum atomic E-state index is 0. The van der Waals surface area contributed by atoms with Crippen LogP contribution in [0.5, 0.6) is 0 Å². The van der Waals surface area contributed by atoms with Gasteiger partial charge < -0.3 is 4.74 Å². The molecule has 0 amide bonds. The molecule has 1 aliphatic rings. The largest absolute Gasteiger partial charge is 0.376 e. The van der Waals surface area contributed by atoms with Crippen LogP contribution in [0.4, 0.5) is 0 Å². The number of halogens is 1. The van der Waals surface area contributed by atoms with Crippen LogP contribution >= 0.6 is 24.0 Å². The van der Waals surface area contributed by atoms with Gasteiger partial charge in [-0.05, 0) is 26.7 Å². The molecule has 1 heterocycles. The summed E-state index contributed by atoms with van der Waals surface area (Å²) in [6.45, 7) is 4.26. The van der Waals surface area contributed by atoms with Gasteiger partial charge in [-0.25, -0.2) is 0 Å². The second-order valence-corrected chi connectivity index (χ2v) is 2.33. The van der Waals surface area contributed by atoms with E-state index in [1.54, 1.807) is 0 Å². The SMILES string of the molecule is CC1CCC(C)O1.I. The van der Waals surface area contributed by atoms with Crippen molar-refractivity contribution in [2.45, 2.75) is 38.9 Å². The topological polar surface area (TPSA) is 9.23 Å². The van der Waals surface area contributed by atoms with Crippen LogP contribution < -0.4 is 0 Å². The van der Waals surface area contributed by atoms with Crippen LogP contribution in [-0.2, 0) is 4.74 Å². The third-order valence-electron chi connectivity index (χ3n) is 1.44. The van der Waals surface area contributed by atoms with Crippen molar-refractivity contribution in [1.82, 2.24) is 0 Å². The second-order valence-electron chi connectivity index (χ2n) is 2.33. The van der Waals surface area contributed by atoms with E-state index in [0.717, 1.165) is 0 Å². The number of hydrogen-bond acceptors (Lipinski definition) is 1. The molecule has 0 aromatic carbocycles. The van der Waals surface area contributed by atoms with E-state index in [4.69, 9.17) is 4.74 Å². The molecule has 2 atom stereocenters. The fourth-order valence-corrected chi connectivity index (χ4v) is 1.00. The Kier molecular flexibility index (Phi) is 3.98. The molecule has 1 nitrogen and oxygen atoms in total. The first-order valence-corrected chi connectivity index (χ1v) is 2.94. The van der Waals surface area contributed by atoms with Gasteiger partial charge in [-0.1, -0.05) is 0 Å². The highest BCUT2D eigenvalue weighted by molar-refractivity contribution is 14.0. The smallest absolute Gasteiger partial charge is 0.0551 e. The molecule has 0 aromatic heterocycles. The van der Waals surface area contributed by atoms with Crippen molar-refractivity contribution in [2.24, 2.45) is 0 Å². The summed E-state index contributed by atoms with van der Waals surface area (Å²) in [5.74, 6) is 0. The maximum absolute atomic E-state index is 5.36. The molecule has 2 unspecified atom stereocenters. The molecule has 1 saturated heterocycles. The summed E-state index contributed by atoms with van der Waals surface area (Å²) in [5, 5.41) is 0. The van der Waals surface area contributed by atoms with E-state index in [-0.39, 0.29) is 24.0 Å². The summed E-state index contributed by atoms with van der Waals surface area (Å²) in [6, 6.07) is 0. The normalized spacial score (nSPS) is 36.8. The summed E-state index contributed by atoms with van der Waals surface area (Å²) in [6.07, 6.45) is 3.55. The van der Waals surface area contributed by atoms with Gasteiger partial charge in [0.15, 0.2) is 0 Å². The molecule has 1 rings (SSSR count). The highest BCUT2D eigenvalue weighted by atomic mass is 127. The summed E-state index contributed by atoms with van der Waals surface area (Å²) in [5.41, 5.74) is 0. The van der Waals surface area contributed by atoms with Crippen molar-refractivity contribution >= 4 is 24.0 Å². The minimum Gasteiger partial charge on any atom is -0.376 e. The standard InChI is InChI=1S/C6H12O.HI/c1-5-3-4-6(2)7-5;/h5-6H,3-4H2,1-2H3;1H. The Morgan fingerprint density at radius 2 is 1.50 bits per heavy atom. The lowest BCUT2D eigenvalue weighted by Crippen LogP contribution is -2.01. The van der Waals surface area contributed by atoms with E-state index in [1.165, 1.54) is 12.8 Å². The van der Waals surface area contributed by atoms with E-state index >= 15 is 0 Å². The Morgan fingerprint density at radius 3 is 1.62 bits per heavy atom. The first kappa shape index (κ1) is 8.69. The Balaban J connectivity index is 0.000000490. The van der Waals surface area contributed by atoms with Crippen LogP contribution in [0, 0.1) is 0 Å². The second kappa shape index (κ2) is 3.67. The van der Waals surface area contributed by atoms with Crippen LogP contribution in [0.2, 0.25) is 0 Å². The number of rotatable bonds is 0. The number of hydrogen-bond donors (Lipinski definition) is 0. The van der Waals surface area contributed by atoms with Crippen molar-refractivity contribution in [2.75, 3.05) is 0 Å². The monoisotopic (exact) mass is 228 g/mol. The lowest BCUT2D eigenvalue weighted by atomic mass is 10.2. The summed E-state index contributed by atoms with van der Waals surface area (Å²) < 4.78 is 5.36. The zero-order valence-electron chi connectivity index (χ0n) is 5.39. The fraction of sp³-hybridized carbons (Fsp3) is 1.00. The van der Waals surface area contributed by atoms with E-state index in [1.807, 2.05) is 0 Å². The summed E-state index contributed by atoms with van der Waals surface area (Å²) in [7, 11) is 0. The van der Waals surface area contributed by atoms with E-state index < -0.39 is 0 Å². The van der Waals surface area contributed by atoms with Gasteiger partial charge in [-0.2, -0.15) is 0 Å². The van der Waals surface area contributed by atoms with Crippen LogP contribution in [0.15, 0.2) is 0 Å². The predicted octanol–water partition coefficient (Wildman–Crippen LogP) is 2.19. The van der Waals surface area contributed by atoms with E-state index in [0.29, 0.717) is 12.2 Å². The van der Waals surface area contributed by atoms with E-state index in [2.05, 4.69) is 13.8 Å². The zero-order chi connectivity index (χ0) is 5.28. The molecule has 50 valence electrons. The van der Waals surface area contributed by atoms with Gasteiger partial charge in [0.25, 0.3) is 0 Å². The number of ether oxygens (including phenoxy) is 1. The molecule has 2 heteroatoms. The molecule has 0 radical (unpaired) electrons. The highest BCUT2D eigenvalue weighted by Gasteiger charge is 2.16. The molecule has 0 saturated carbocycles. The quantitative estimate of drug-likeness (QED) is 0.577. The molecular weight excluding hydrogens is 215 g/mol. The highest BCUT2D eigenvalue weighted by Crippen LogP contribution is 2.17. The van der Waals surface area contributed by atoms with Crippen molar-refractivity contribution in [3.8, 4) is 0 Å². The van der Waals surface area contributed by atoms with Crippen LogP contribution in [0.1, 0.15) is 26.7 Å². The van der Waals surface area contributed by atoms with Crippen molar-refractivity contribution in [1.29, 1.82) is 0 Å². The third kappa shape index (κ3) is 2.31. The van der Waals surface area contributed by atoms with Gasteiger partial charge in [0, 0.05) is 0 Å². The lowest BCUT2D eigenvalue weighted by Gasteiger charge is -2.01. The molecular formula is C6H13IO. The van der Waals surface area contributed by atoms with Crippen molar-refractivity contribution < 1.29 is 4.74 Å². The maximum atomic E-state index is 5.36. The van der Waals surface area contributed by atoms with Crippen LogP contribution in [-0.4, -0.2) is 12.2 Å². The van der Waals surface area contributed by atoms with Crippen molar-refractivity contribution in [3.05, 3.63) is 0 Å². The van der Waals surface area contributed by atoms with E-state index in [9.17, 15) is 0 Å². The van der Waals surface area contributed by atoms with Gasteiger partial charge in [-0.3, -0.25) is 0 Å². The minimum absolute atomic E-state index is 0. The summed E-state index contributed by atoms with van der Waals surface area (Å²) in [4.78, 5) is 0. The summed E-state index contributed by atoms with van der Waals surface area (Å²) >= 11 is 0. The average Bonchev–Trinajstić information content (AvgIpc) is 1.87. The molecule has 0 N–H and O–H groups in total. The van der Waals surface area contributed by atoms with Gasteiger partial charge in [0.2, 0.25) is 0 Å². The first-order chi connectivity index (χ1) is 3.29. The molecule has 0 spiro atoms. The maximum Gasteiger partial charge on any atom is 0.0551 e. The fourth-order valence-electron chi connectivity index (χ4n) is 1.00. The average molecular weight is 228 g/mol. The Morgan fingerprint density at radius 1 is 1.12 bits per heavy atom. The van der Waals surface area contributed by atoms with Crippen LogP contribution in [0.3, 0.4) is 0 Å². The Hall–Kier alpha value is 0.690. The van der Waals surface area contributed by atoms with Gasteiger partial charge in [0.05, 0.1) is 12.2 Å². The zero-order valence-corrected chi connectivity index (χ0v) is 7.72. The molecule has 0 bridgehead atoms. The van der Waals surface area contributed by atoms with Gasteiger partial charge in [0.1, 0.15) is 0 Å². The van der Waals surface area contributed by atoms with Gasteiger partial charge in [-0.15, -0.1) is 24.0 Å². The molecule has 1 aliphatic heterocycles. The lowest BCUT2D eigenvalue weighted by molar-refractivity contribution is 0.0673. The first-order valence-electron chi connectivity index (χ1n) is 2.94. The Bertz CT molecular complexity index is 57.5. The molecule has 8 heavy (non-hydrogen) atoms.